The second kappa shape index (κ2) is 9.96. The van der Waals surface area contributed by atoms with Gasteiger partial charge in [-0.3, -0.25) is 4.79 Å². The number of thioether (sulfide) groups is 1. The fraction of sp³-hybridized carbons (Fsp3) is 0.320. The number of hydrogen-bond donors (Lipinski definition) is 1. The SMILES string of the molecule is CCCN(C)c1cc(-c2ccccc2)nc(SCc2ccc(C(=O)NC3CC3)cc2)n1. The van der Waals surface area contributed by atoms with Crippen LogP contribution >= 0.6 is 11.8 Å². The van der Waals surface area contributed by atoms with Gasteiger partial charge in [0, 0.05) is 42.6 Å². The van der Waals surface area contributed by atoms with Crippen LogP contribution in [-0.4, -0.2) is 35.5 Å². The lowest BCUT2D eigenvalue weighted by atomic mass is 10.1. The first-order valence-electron chi connectivity index (χ1n) is 10.8. The number of nitrogens with zero attached hydrogens (tertiary/aromatic N) is 3. The van der Waals surface area contributed by atoms with Crippen LogP contribution in [0.4, 0.5) is 5.82 Å². The van der Waals surface area contributed by atoms with Crippen molar-refractivity contribution >= 4 is 23.5 Å². The molecule has 0 spiro atoms. The first-order chi connectivity index (χ1) is 15.1. The summed E-state index contributed by atoms with van der Waals surface area (Å²) in [5.74, 6) is 1.70. The molecule has 3 aromatic rings. The number of rotatable bonds is 9. The second-order valence-corrected chi connectivity index (χ2v) is 8.86. The predicted octanol–water partition coefficient (Wildman–Crippen LogP) is 5.17. The molecule has 4 rings (SSSR count). The van der Waals surface area contributed by atoms with Crippen LogP contribution in [0.25, 0.3) is 11.3 Å². The van der Waals surface area contributed by atoms with E-state index < -0.39 is 0 Å². The number of carbonyl (C=O) groups is 1. The van der Waals surface area contributed by atoms with Gasteiger partial charge in [-0.2, -0.15) is 0 Å². The fourth-order valence-electron chi connectivity index (χ4n) is 3.28. The summed E-state index contributed by atoms with van der Waals surface area (Å²) in [5.41, 5.74) is 3.88. The van der Waals surface area contributed by atoms with Gasteiger partial charge in [-0.25, -0.2) is 9.97 Å². The number of hydrogen-bond acceptors (Lipinski definition) is 5. The van der Waals surface area contributed by atoms with E-state index in [-0.39, 0.29) is 5.91 Å². The lowest BCUT2D eigenvalue weighted by Crippen LogP contribution is -2.25. The smallest absolute Gasteiger partial charge is 0.251 e. The van der Waals surface area contributed by atoms with Crippen molar-refractivity contribution in [2.24, 2.45) is 0 Å². The molecule has 0 atom stereocenters. The van der Waals surface area contributed by atoms with Crippen LogP contribution < -0.4 is 10.2 Å². The van der Waals surface area contributed by atoms with Gasteiger partial charge in [0.25, 0.3) is 5.91 Å². The monoisotopic (exact) mass is 432 g/mol. The second-order valence-electron chi connectivity index (χ2n) is 7.91. The molecule has 0 radical (unpaired) electrons. The van der Waals surface area contributed by atoms with Crippen LogP contribution in [0.5, 0.6) is 0 Å². The maximum Gasteiger partial charge on any atom is 0.251 e. The molecule has 5 nitrogen and oxygen atoms in total. The number of carbonyl (C=O) groups excluding carboxylic acids is 1. The number of benzene rings is 2. The molecule has 1 aromatic heterocycles. The third-order valence-corrected chi connectivity index (χ3v) is 6.13. The molecule has 1 amide bonds. The van der Waals surface area contributed by atoms with Crippen LogP contribution in [0.3, 0.4) is 0 Å². The van der Waals surface area contributed by atoms with Crippen molar-refractivity contribution < 1.29 is 4.79 Å². The zero-order chi connectivity index (χ0) is 21.6. The molecule has 0 bridgehead atoms. The Morgan fingerprint density at radius 2 is 1.84 bits per heavy atom. The highest BCUT2D eigenvalue weighted by molar-refractivity contribution is 7.98. The van der Waals surface area contributed by atoms with Crippen LogP contribution in [0.15, 0.2) is 65.8 Å². The minimum atomic E-state index is 0.0178. The first kappa shape index (κ1) is 21.4. The number of amides is 1. The van der Waals surface area contributed by atoms with Gasteiger partial charge < -0.3 is 10.2 Å². The van der Waals surface area contributed by atoms with E-state index in [1.54, 1.807) is 11.8 Å². The molecule has 1 heterocycles. The van der Waals surface area contributed by atoms with Crippen molar-refractivity contribution in [3.8, 4) is 11.3 Å². The average Bonchev–Trinajstić information content (AvgIpc) is 3.62. The van der Waals surface area contributed by atoms with E-state index in [0.29, 0.717) is 11.6 Å². The summed E-state index contributed by atoms with van der Waals surface area (Å²) in [7, 11) is 2.07. The standard InChI is InChI=1S/C25H28N4OS/c1-3-15-29(2)23-16-22(19-7-5-4-6-8-19)27-25(28-23)31-17-18-9-11-20(12-10-18)24(30)26-21-13-14-21/h4-12,16,21H,3,13-15,17H2,1-2H3,(H,26,30). The summed E-state index contributed by atoms with van der Waals surface area (Å²) >= 11 is 1.62. The van der Waals surface area contributed by atoms with E-state index in [9.17, 15) is 4.79 Å². The molecule has 0 saturated heterocycles. The molecule has 0 unspecified atom stereocenters. The molecule has 160 valence electrons. The predicted molar refractivity (Wildman–Crippen MR) is 128 cm³/mol. The fourth-order valence-corrected chi connectivity index (χ4v) is 4.09. The van der Waals surface area contributed by atoms with Crippen molar-refractivity contribution in [3.05, 3.63) is 71.8 Å². The van der Waals surface area contributed by atoms with Gasteiger partial charge in [-0.05, 0) is 37.0 Å². The zero-order valence-corrected chi connectivity index (χ0v) is 18.9. The van der Waals surface area contributed by atoms with Gasteiger partial charge in [0.05, 0.1) is 5.69 Å². The Morgan fingerprint density at radius 1 is 1.10 bits per heavy atom. The van der Waals surface area contributed by atoms with Gasteiger partial charge in [0.1, 0.15) is 5.82 Å². The number of nitrogens with one attached hydrogen (secondary N) is 1. The summed E-state index contributed by atoms with van der Waals surface area (Å²) in [6.07, 6.45) is 3.25. The molecule has 1 saturated carbocycles. The lowest BCUT2D eigenvalue weighted by molar-refractivity contribution is 0.0951. The molecule has 1 N–H and O–H groups in total. The Morgan fingerprint density at radius 3 is 2.52 bits per heavy atom. The summed E-state index contributed by atoms with van der Waals surface area (Å²) in [5, 5.41) is 3.79. The highest BCUT2D eigenvalue weighted by Gasteiger charge is 2.23. The van der Waals surface area contributed by atoms with Gasteiger partial charge >= 0.3 is 0 Å². The van der Waals surface area contributed by atoms with E-state index in [1.165, 1.54) is 0 Å². The third-order valence-electron chi connectivity index (χ3n) is 5.21. The van der Waals surface area contributed by atoms with E-state index in [2.05, 4.69) is 42.4 Å². The molecule has 1 fully saturated rings. The highest BCUT2D eigenvalue weighted by atomic mass is 32.2. The van der Waals surface area contributed by atoms with E-state index in [4.69, 9.17) is 9.97 Å². The quantitative estimate of drug-likeness (QED) is 0.373. The molecular formula is C25H28N4OS. The summed E-state index contributed by atoms with van der Waals surface area (Å²) in [4.78, 5) is 23.9. The van der Waals surface area contributed by atoms with Crippen molar-refractivity contribution in [1.82, 2.24) is 15.3 Å². The summed E-state index contributed by atoms with van der Waals surface area (Å²) < 4.78 is 0. The van der Waals surface area contributed by atoms with Crippen LogP contribution in [-0.2, 0) is 5.75 Å². The maximum absolute atomic E-state index is 12.2. The van der Waals surface area contributed by atoms with Crippen molar-refractivity contribution in [3.63, 3.8) is 0 Å². The molecule has 0 aliphatic heterocycles. The Labute approximate surface area is 188 Å². The zero-order valence-electron chi connectivity index (χ0n) is 18.0. The Hall–Kier alpha value is -2.86. The minimum Gasteiger partial charge on any atom is -0.360 e. The van der Waals surface area contributed by atoms with Crippen molar-refractivity contribution in [1.29, 1.82) is 0 Å². The Bertz CT molecular complexity index is 1020. The maximum atomic E-state index is 12.2. The lowest BCUT2D eigenvalue weighted by Gasteiger charge is -2.18. The molecule has 31 heavy (non-hydrogen) atoms. The van der Waals surface area contributed by atoms with Crippen LogP contribution in [0.2, 0.25) is 0 Å². The highest BCUT2D eigenvalue weighted by Crippen LogP contribution is 2.27. The largest absolute Gasteiger partial charge is 0.360 e. The normalized spacial score (nSPS) is 13.1. The first-order valence-corrected chi connectivity index (χ1v) is 11.8. The van der Waals surface area contributed by atoms with Gasteiger partial charge in [-0.15, -0.1) is 0 Å². The summed E-state index contributed by atoms with van der Waals surface area (Å²) in [6.45, 7) is 3.11. The molecule has 1 aliphatic carbocycles. The minimum absolute atomic E-state index is 0.0178. The van der Waals surface area contributed by atoms with E-state index >= 15 is 0 Å². The topological polar surface area (TPSA) is 58.1 Å². The van der Waals surface area contributed by atoms with Crippen molar-refractivity contribution in [2.45, 2.75) is 43.1 Å². The Balaban J connectivity index is 1.49. The van der Waals surface area contributed by atoms with Crippen LogP contribution in [0.1, 0.15) is 42.1 Å². The number of anilines is 1. The van der Waals surface area contributed by atoms with Gasteiger partial charge in [0.15, 0.2) is 5.16 Å². The molecular weight excluding hydrogens is 404 g/mol. The molecule has 1 aliphatic rings. The Kier molecular flexibility index (Phi) is 6.87. The molecule has 6 heteroatoms. The van der Waals surface area contributed by atoms with E-state index in [1.807, 2.05) is 42.5 Å². The summed E-state index contributed by atoms with van der Waals surface area (Å²) in [6, 6.07) is 20.5. The van der Waals surface area contributed by atoms with Crippen molar-refractivity contribution in [2.75, 3.05) is 18.5 Å². The molecule has 2 aromatic carbocycles. The van der Waals surface area contributed by atoms with Gasteiger partial charge in [0.2, 0.25) is 0 Å². The average molecular weight is 433 g/mol. The van der Waals surface area contributed by atoms with E-state index in [0.717, 1.165) is 59.4 Å². The van der Waals surface area contributed by atoms with Gasteiger partial charge in [-0.1, -0.05) is 61.2 Å². The number of aromatic nitrogens is 2. The van der Waals surface area contributed by atoms with Crippen LogP contribution in [0, 0.1) is 0 Å². The third kappa shape index (κ3) is 5.85.